The fraction of sp³-hybridized carbons (Fsp3) is 0.667. The molecule has 3 unspecified atom stereocenters. The summed E-state index contributed by atoms with van der Waals surface area (Å²) in [5, 5.41) is 3.55. The minimum absolute atomic E-state index is 0.754. The van der Waals surface area contributed by atoms with Crippen LogP contribution in [0.5, 0.6) is 0 Å². The zero-order valence-corrected chi connectivity index (χ0v) is 11.4. The molecule has 1 N–H and O–H groups in total. The maximum atomic E-state index is 4.27. The molecule has 3 nitrogen and oxygen atoms in total. The minimum atomic E-state index is 0.754. The lowest BCUT2D eigenvalue weighted by Gasteiger charge is -2.27. The van der Waals surface area contributed by atoms with Crippen molar-refractivity contribution in [3.63, 3.8) is 0 Å². The van der Waals surface area contributed by atoms with Gasteiger partial charge in [0.2, 0.25) is 0 Å². The highest BCUT2D eigenvalue weighted by molar-refractivity contribution is 5.21. The van der Waals surface area contributed by atoms with E-state index in [0.717, 1.165) is 24.4 Å². The number of hydrogen-bond donors (Lipinski definition) is 1. The van der Waals surface area contributed by atoms with E-state index in [1.807, 2.05) is 12.4 Å². The summed E-state index contributed by atoms with van der Waals surface area (Å²) in [6.45, 7) is 9.27. The van der Waals surface area contributed by atoms with Crippen LogP contribution in [0.25, 0.3) is 0 Å². The zero-order valence-electron chi connectivity index (χ0n) is 11.4. The molecule has 0 aliphatic carbocycles. The SMILES string of the molecule is CCC1C2CNCC2CN1Cc1cnccc1C. The van der Waals surface area contributed by atoms with Crippen LogP contribution in [0.15, 0.2) is 18.5 Å². The Hall–Kier alpha value is -0.930. The van der Waals surface area contributed by atoms with E-state index in [1.165, 1.54) is 37.2 Å². The number of nitrogens with zero attached hydrogens (tertiary/aromatic N) is 2. The van der Waals surface area contributed by atoms with Gasteiger partial charge in [-0.25, -0.2) is 0 Å². The smallest absolute Gasteiger partial charge is 0.0315 e. The van der Waals surface area contributed by atoms with Crippen LogP contribution in [-0.2, 0) is 6.54 Å². The second-order valence-corrected chi connectivity index (χ2v) is 5.79. The highest BCUT2D eigenvalue weighted by Gasteiger charge is 2.42. The molecule has 0 bridgehead atoms. The molecule has 1 aromatic rings. The molecule has 0 amide bonds. The molecule has 1 aromatic heterocycles. The second kappa shape index (κ2) is 4.98. The Kier molecular flexibility index (Phi) is 3.35. The average Bonchev–Trinajstić information content (AvgIpc) is 2.92. The number of aryl methyl sites for hydroxylation is 1. The Balaban J connectivity index is 1.75. The molecule has 2 aliphatic rings. The molecule has 2 saturated heterocycles. The average molecular weight is 245 g/mol. The minimum Gasteiger partial charge on any atom is -0.316 e. The summed E-state index contributed by atoms with van der Waals surface area (Å²) in [5.74, 6) is 1.74. The number of likely N-dealkylation sites (tertiary alicyclic amines) is 1. The van der Waals surface area contributed by atoms with Crippen LogP contribution in [-0.4, -0.2) is 35.6 Å². The predicted octanol–water partition coefficient (Wildman–Crippen LogP) is 1.82. The molecule has 2 fully saturated rings. The van der Waals surface area contributed by atoms with Gasteiger partial charge in [-0.1, -0.05) is 6.92 Å². The number of pyridine rings is 1. The van der Waals surface area contributed by atoms with Gasteiger partial charge >= 0.3 is 0 Å². The van der Waals surface area contributed by atoms with Gasteiger partial charge in [0.25, 0.3) is 0 Å². The maximum absolute atomic E-state index is 4.27. The summed E-state index contributed by atoms with van der Waals surface area (Å²) in [6.07, 6.45) is 5.19. The topological polar surface area (TPSA) is 28.2 Å². The number of aromatic nitrogens is 1. The van der Waals surface area contributed by atoms with Crippen molar-refractivity contribution in [2.45, 2.75) is 32.9 Å². The van der Waals surface area contributed by atoms with Gasteiger partial charge < -0.3 is 5.32 Å². The molecule has 3 heterocycles. The fourth-order valence-electron chi connectivity index (χ4n) is 3.73. The summed E-state index contributed by atoms with van der Waals surface area (Å²) in [5.41, 5.74) is 2.76. The Morgan fingerprint density at radius 3 is 3.11 bits per heavy atom. The largest absolute Gasteiger partial charge is 0.316 e. The first-order valence-electron chi connectivity index (χ1n) is 7.14. The highest BCUT2D eigenvalue weighted by atomic mass is 15.2. The Labute approximate surface area is 110 Å². The van der Waals surface area contributed by atoms with Gasteiger partial charge in [0.05, 0.1) is 0 Å². The lowest BCUT2D eigenvalue weighted by molar-refractivity contribution is 0.210. The Bertz CT molecular complexity index is 418. The highest BCUT2D eigenvalue weighted by Crippen LogP contribution is 2.35. The second-order valence-electron chi connectivity index (χ2n) is 5.79. The van der Waals surface area contributed by atoms with E-state index in [-0.39, 0.29) is 0 Å². The summed E-state index contributed by atoms with van der Waals surface area (Å²) >= 11 is 0. The van der Waals surface area contributed by atoms with Gasteiger partial charge in [-0.05, 0) is 55.5 Å². The Morgan fingerprint density at radius 1 is 1.44 bits per heavy atom. The van der Waals surface area contributed by atoms with Crippen molar-refractivity contribution >= 4 is 0 Å². The number of nitrogens with one attached hydrogen (secondary N) is 1. The first-order chi connectivity index (χ1) is 8.79. The summed E-state index contributed by atoms with van der Waals surface area (Å²) in [7, 11) is 0. The molecule has 2 aliphatic heterocycles. The van der Waals surface area contributed by atoms with Crippen molar-refractivity contribution in [2.75, 3.05) is 19.6 Å². The van der Waals surface area contributed by atoms with Crippen LogP contribution in [0.3, 0.4) is 0 Å². The van der Waals surface area contributed by atoms with Crippen molar-refractivity contribution in [1.29, 1.82) is 0 Å². The quantitative estimate of drug-likeness (QED) is 0.880. The van der Waals surface area contributed by atoms with E-state index in [4.69, 9.17) is 0 Å². The normalized spacial score (nSPS) is 31.8. The van der Waals surface area contributed by atoms with Gasteiger partial charge in [0.15, 0.2) is 0 Å². The van der Waals surface area contributed by atoms with Crippen LogP contribution in [0.1, 0.15) is 24.5 Å². The van der Waals surface area contributed by atoms with Gasteiger partial charge in [0, 0.05) is 31.5 Å². The fourth-order valence-corrected chi connectivity index (χ4v) is 3.73. The standard InChI is InChI=1S/C15H23N3/c1-3-15-14-8-17-7-13(14)10-18(15)9-12-6-16-5-4-11(12)2/h4-6,13-15,17H,3,7-10H2,1-2H3. The van der Waals surface area contributed by atoms with Crippen LogP contribution < -0.4 is 5.32 Å². The molecule has 98 valence electrons. The van der Waals surface area contributed by atoms with Crippen LogP contribution in [0.4, 0.5) is 0 Å². The van der Waals surface area contributed by atoms with Gasteiger partial charge in [0.1, 0.15) is 0 Å². The molecular formula is C15H23N3. The molecule has 0 spiro atoms. The van der Waals surface area contributed by atoms with Crippen molar-refractivity contribution in [2.24, 2.45) is 11.8 Å². The van der Waals surface area contributed by atoms with Crippen molar-refractivity contribution in [1.82, 2.24) is 15.2 Å². The zero-order chi connectivity index (χ0) is 12.5. The Morgan fingerprint density at radius 2 is 2.33 bits per heavy atom. The van der Waals surface area contributed by atoms with Crippen LogP contribution in [0, 0.1) is 18.8 Å². The van der Waals surface area contributed by atoms with E-state index in [0.29, 0.717) is 0 Å². The first-order valence-corrected chi connectivity index (χ1v) is 7.14. The monoisotopic (exact) mass is 245 g/mol. The third kappa shape index (κ3) is 2.06. The first kappa shape index (κ1) is 12.1. The van der Waals surface area contributed by atoms with Gasteiger partial charge in [-0.3, -0.25) is 9.88 Å². The van der Waals surface area contributed by atoms with E-state index in [1.54, 1.807) is 0 Å². The van der Waals surface area contributed by atoms with Crippen molar-refractivity contribution in [3.05, 3.63) is 29.6 Å². The van der Waals surface area contributed by atoms with Gasteiger partial charge in [-0.15, -0.1) is 0 Å². The molecule has 0 aromatic carbocycles. The predicted molar refractivity (Wildman–Crippen MR) is 73.3 cm³/mol. The van der Waals surface area contributed by atoms with Gasteiger partial charge in [-0.2, -0.15) is 0 Å². The third-order valence-corrected chi connectivity index (χ3v) is 4.76. The van der Waals surface area contributed by atoms with Crippen molar-refractivity contribution in [3.8, 4) is 0 Å². The molecule has 3 atom stereocenters. The van der Waals surface area contributed by atoms with E-state index < -0.39 is 0 Å². The molecule has 0 saturated carbocycles. The van der Waals surface area contributed by atoms with Crippen LogP contribution in [0.2, 0.25) is 0 Å². The molecule has 3 heteroatoms. The van der Waals surface area contributed by atoms with E-state index in [9.17, 15) is 0 Å². The molecular weight excluding hydrogens is 222 g/mol. The number of hydrogen-bond acceptors (Lipinski definition) is 3. The lowest BCUT2D eigenvalue weighted by Crippen LogP contribution is -2.34. The molecule has 3 rings (SSSR count). The molecule has 0 radical (unpaired) electrons. The number of rotatable bonds is 3. The number of fused-ring (bicyclic) bond motifs is 1. The maximum Gasteiger partial charge on any atom is 0.0315 e. The van der Waals surface area contributed by atoms with E-state index in [2.05, 4.69) is 35.1 Å². The molecule has 18 heavy (non-hydrogen) atoms. The summed E-state index contributed by atoms with van der Waals surface area (Å²) in [4.78, 5) is 6.95. The summed E-state index contributed by atoms with van der Waals surface area (Å²) in [6, 6.07) is 2.87. The lowest BCUT2D eigenvalue weighted by atomic mass is 9.93. The van der Waals surface area contributed by atoms with E-state index >= 15 is 0 Å². The van der Waals surface area contributed by atoms with Crippen LogP contribution >= 0.6 is 0 Å². The van der Waals surface area contributed by atoms with Crippen molar-refractivity contribution < 1.29 is 0 Å². The summed E-state index contributed by atoms with van der Waals surface area (Å²) < 4.78 is 0. The third-order valence-electron chi connectivity index (χ3n) is 4.76.